The van der Waals surface area contributed by atoms with Crippen LogP contribution >= 0.6 is 11.3 Å². The van der Waals surface area contributed by atoms with E-state index in [1.54, 1.807) is 10.9 Å². The Morgan fingerprint density at radius 2 is 1.97 bits per heavy atom. The summed E-state index contributed by atoms with van der Waals surface area (Å²) in [6.45, 7) is 0.0294. The summed E-state index contributed by atoms with van der Waals surface area (Å²) in [6.07, 6.45) is 6.95. The summed E-state index contributed by atoms with van der Waals surface area (Å²) < 4.78 is 8.41. The molecule has 0 saturated carbocycles. The minimum absolute atomic E-state index is 0.0294. The van der Waals surface area contributed by atoms with E-state index in [-0.39, 0.29) is 18.3 Å². The van der Waals surface area contributed by atoms with E-state index < -0.39 is 0 Å². The maximum Gasteiger partial charge on any atom is 0.275 e. The van der Waals surface area contributed by atoms with Crippen LogP contribution in [0, 0.1) is 11.8 Å². The largest absolute Gasteiger partial charge is 0.490 e. The molecule has 5 rings (SSSR count). The van der Waals surface area contributed by atoms with Gasteiger partial charge in [-0.05, 0) is 63.1 Å². The van der Waals surface area contributed by atoms with Crippen LogP contribution in [-0.4, -0.2) is 51.4 Å². The van der Waals surface area contributed by atoms with Gasteiger partial charge in [-0.25, -0.2) is 4.98 Å². The van der Waals surface area contributed by atoms with Crippen LogP contribution in [0.4, 0.5) is 0 Å². The van der Waals surface area contributed by atoms with Gasteiger partial charge in [0.25, 0.3) is 5.56 Å². The molecule has 0 unspecified atom stereocenters. The fourth-order valence-electron chi connectivity index (χ4n) is 4.70. The van der Waals surface area contributed by atoms with Gasteiger partial charge in [-0.1, -0.05) is 11.8 Å². The summed E-state index contributed by atoms with van der Waals surface area (Å²) in [6, 6.07) is 10.8. The van der Waals surface area contributed by atoms with Crippen molar-refractivity contribution in [3.63, 3.8) is 0 Å². The molecule has 2 fully saturated rings. The minimum atomic E-state index is -0.106. The summed E-state index contributed by atoms with van der Waals surface area (Å²) in [7, 11) is 2.23. The lowest BCUT2D eigenvalue weighted by molar-refractivity contribution is 0.0662. The fourth-order valence-corrected chi connectivity index (χ4v) is 5.61. The minimum Gasteiger partial charge on any atom is -0.490 e. The highest BCUT2D eigenvalue weighted by atomic mass is 32.1. The molecule has 0 aliphatic carbocycles. The smallest absolute Gasteiger partial charge is 0.275 e. The summed E-state index contributed by atoms with van der Waals surface area (Å²) in [5.41, 5.74) is 1.30. The second-order valence-corrected chi connectivity index (χ2v) is 9.33. The third-order valence-corrected chi connectivity index (χ3v) is 7.39. The molecule has 2 saturated heterocycles. The molecule has 31 heavy (non-hydrogen) atoms. The lowest BCUT2D eigenvalue weighted by atomic mass is 10.0. The lowest BCUT2D eigenvalue weighted by Crippen LogP contribution is -2.43. The van der Waals surface area contributed by atoms with Crippen molar-refractivity contribution in [3.8, 4) is 23.3 Å². The molecule has 0 spiro atoms. The molecule has 2 aliphatic heterocycles. The third kappa shape index (κ3) is 3.99. The number of aliphatic hydroxyl groups excluding tert-OH is 1. The zero-order chi connectivity index (χ0) is 21.4. The van der Waals surface area contributed by atoms with Crippen LogP contribution in [0.2, 0.25) is 0 Å². The van der Waals surface area contributed by atoms with Gasteiger partial charge in [-0.3, -0.25) is 9.36 Å². The Morgan fingerprint density at radius 3 is 2.68 bits per heavy atom. The average Bonchev–Trinajstić information content (AvgIpc) is 3.26. The molecular weight excluding hydrogens is 410 g/mol. The van der Waals surface area contributed by atoms with Crippen LogP contribution in [0.15, 0.2) is 41.5 Å². The Hall–Kier alpha value is -2.66. The highest BCUT2D eigenvalue weighted by molar-refractivity contribution is 7.19. The molecule has 0 amide bonds. The average molecular weight is 436 g/mol. The number of thiophene rings is 1. The van der Waals surface area contributed by atoms with E-state index in [0.29, 0.717) is 28.7 Å². The molecule has 3 aromatic rings. The summed E-state index contributed by atoms with van der Waals surface area (Å²) in [5, 5.41) is 8.86. The maximum absolute atomic E-state index is 13.0. The van der Waals surface area contributed by atoms with Crippen molar-refractivity contribution in [2.24, 2.45) is 0 Å². The monoisotopic (exact) mass is 435 g/mol. The zero-order valence-corrected chi connectivity index (χ0v) is 18.3. The number of aliphatic hydroxyl groups is 1. The van der Waals surface area contributed by atoms with Gasteiger partial charge in [0, 0.05) is 18.5 Å². The van der Waals surface area contributed by atoms with Crippen LogP contribution in [0.5, 0.6) is 5.75 Å². The van der Waals surface area contributed by atoms with Gasteiger partial charge >= 0.3 is 0 Å². The van der Waals surface area contributed by atoms with E-state index in [4.69, 9.17) is 9.84 Å². The quantitative estimate of drug-likeness (QED) is 0.638. The zero-order valence-electron chi connectivity index (χ0n) is 17.5. The number of hydrogen-bond acceptors (Lipinski definition) is 6. The van der Waals surface area contributed by atoms with Crippen LogP contribution in [0.3, 0.4) is 0 Å². The van der Waals surface area contributed by atoms with Crippen molar-refractivity contribution < 1.29 is 9.84 Å². The van der Waals surface area contributed by atoms with E-state index in [1.165, 1.54) is 24.2 Å². The number of fused-ring (bicyclic) bond motifs is 3. The standard InChI is InChI=1S/C24H25N3O3S/c1-26-17-5-6-18(26)13-20(12-17)30-19-9-7-16(8-10-19)27-15-25-22-14-21(4-2-3-11-28)31-23(22)24(27)29/h7-10,14-15,17-18,20,28H,3,5-6,11-13H2,1H3/t17-,18+,20+. The Labute approximate surface area is 185 Å². The van der Waals surface area contributed by atoms with Gasteiger partial charge in [0.05, 0.1) is 22.7 Å². The predicted octanol–water partition coefficient (Wildman–Crippen LogP) is 3.19. The van der Waals surface area contributed by atoms with Gasteiger partial charge in [0.1, 0.15) is 22.9 Å². The van der Waals surface area contributed by atoms with E-state index in [0.717, 1.165) is 29.2 Å². The first-order chi connectivity index (χ1) is 15.1. The molecule has 1 N–H and O–H groups in total. The SMILES string of the molecule is CN1[C@@H]2CC[C@H]1C[C@@H](Oc1ccc(-n3cnc4cc(C#CCCO)sc4c3=O)cc1)C2. The van der Waals surface area contributed by atoms with Gasteiger partial charge in [-0.15, -0.1) is 11.3 Å². The Morgan fingerprint density at radius 1 is 1.23 bits per heavy atom. The number of hydrogen-bond donors (Lipinski definition) is 1. The number of nitrogens with zero attached hydrogens (tertiary/aromatic N) is 3. The van der Waals surface area contributed by atoms with E-state index >= 15 is 0 Å². The molecule has 3 atom stereocenters. The molecule has 2 aliphatic rings. The molecule has 2 aromatic heterocycles. The fraction of sp³-hybridized carbons (Fsp3) is 0.417. The van der Waals surface area contributed by atoms with Crippen LogP contribution in [0.1, 0.15) is 37.0 Å². The molecule has 2 bridgehead atoms. The summed E-state index contributed by atoms with van der Waals surface area (Å²) in [4.78, 5) is 20.7. The number of rotatable bonds is 4. The molecule has 7 heteroatoms. The van der Waals surface area contributed by atoms with Gasteiger partial charge in [0.2, 0.25) is 0 Å². The van der Waals surface area contributed by atoms with Crippen molar-refractivity contribution in [2.75, 3.05) is 13.7 Å². The van der Waals surface area contributed by atoms with Crippen molar-refractivity contribution in [3.05, 3.63) is 51.9 Å². The second-order valence-electron chi connectivity index (χ2n) is 8.28. The summed E-state index contributed by atoms with van der Waals surface area (Å²) >= 11 is 1.34. The highest BCUT2D eigenvalue weighted by Gasteiger charge is 2.39. The highest BCUT2D eigenvalue weighted by Crippen LogP contribution is 2.36. The number of aromatic nitrogens is 2. The molecule has 1 aromatic carbocycles. The van der Waals surface area contributed by atoms with Gasteiger partial charge < -0.3 is 14.7 Å². The van der Waals surface area contributed by atoms with E-state index in [1.807, 2.05) is 30.3 Å². The number of ether oxygens (including phenoxy) is 1. The molecule has 4 heterocycles. The van der Waals surface area contributed by atoms with Gasteiger partial charge in [-0.2, -0.15) is 0 Å². The van der Waals surface area contributed by atoms with Crippen molar-refractivity contribution in [1.29, 1.82) is 0 Å². The topological polar surface area (TPSA) is 67.6 Å². The first-order valence-corrected chi connectivity index (χ1v) is 11.5. The summed E-state index contributed by atoms with van der Waals surface area (Å²) in [5.74, 6) is 6.71. The third-order valence-electron chi connectivity index (χ3n) is 6.36. The molecular formula is C24H25N3O3S. The van der Waals surface area contributed by atoms with Crippen molar-refractivity contribution >= 4 is 21.6 Å². The Balaban J connectivity index is 1.34. The molecule has 6 nitrogen and oxygen atoms in total. The van der Waals surface area contributed by atoms with E-state index in [2.05, 4.69) is 28.8 Å². The number of piperidine rings is 1. The van der Waals surface area contributed by atoms with E-state index in [9.17, 15) is 4.79 Å². The maximum atomic E-state index is 13.0. The van der Waals surface area contributed by atoms with Gasteiger partial charge in [0.15, 0.2) is 0 Å². The molecule has 160 valence electrons. The first kappa shape index (κ1) is 20.3. The Kier molecular flexibility index (Phi) is 5.53. The van der Waals surface area contributed by atoms with Crippen molar-refractivity contribution in [2.45, 2.75) is 50.3 Å². The Bertz CT molecular complexity index is 1190. The van der Waals surface area contributed by atoms with Crippen LogP contribution < -0.4 is 10.3 Å². The number of benzene rings is 1. The van der Waals surface area contributed by atoms with Crippen molar-refractivity contribution in [1.82, 2.24) is 14.5 Å². The van der Waals surface area contributed by atoms with Crippen LogP contribution in [0.25, 0.3) is 15.9 Å². The van der Waals surface area contributed by atoms with Crippen LogP contribution in [-0.2, 0) is 0 Å². The predicted molar refractivity (Wildman–Crippen MR) is 122 cm³/mol. The first-order valence-electron chi connectivity index (χ1n) is 10.7. The normalized spacial score (nSPS) is 23.0. The second kappa shape index (κ2) is 8.46. The molecule has 0 radical (unpaired) electrons. The lowest BCUT2D eigenvalue weighted by Gasteiger charge is -2.36.